The van der Waals surface area contributed by atoms with Gasteiger partial charge < -0.3 is 29.9 Å². The molecule has 1 saturated carbocycles. The normalized spacial score (nSPS) is 23.7. The topological polar surface area (TPSA) is 83.1 Å². The maximum atomic E-state index is 13.5. The monoisotopic (exact) mass is 852 g/mol. The molecule has 14 heteroatoms. The molecule has 2 amide bonds. The molecular weight excluding hydrogens is 799 g/mol. The molecule has 61 heavy (non-hydrogen) atoms. The summed E-state index contributed by atoms with van der Waals surface area (Å²) in [7, 11) is 7.24. The zero-order valence-corrected chi connectivity index (χ0v) is 35.1. The number of amides is 2. The quantitative estimate of drug-likeness (QED) is 0.155. The number of carbonyl (C=O) groups is 2. The Labute approximate surface area is 353 Å². The highest BCUT2D eigenvalue weighted by Gasteiger charge is 2.44. The molecule has 7 rings (SSSR count). The zero-order valence-electron chi connectivity index (χ0n) is 35.1. The lowest BCUT2D eigenvalue weighted by Gasteiger charge is -2.45. The van der Waals surface area contributed by atoms with Crippen LogP contribution in [-0.4, -0.2) is 88.3 Å². The number of carbonyl (C=O) groups excluding carboxylic acids is 2. The van der Waals surface area contributed by atoms with Crippen molar-refractivity contribution >= 4 is 11.8 Å². The van der Waals surface area contributed by atoms with Gasteiger partial charge in [0.25, 0.3) is 11.8 Å². The van der Waals surface area contributed by atoms with E-state index in [1.807, 2.05) is 74.8 Å². The van der Waals surface area contributed by atoms with Crippen LogP contribution in [0.5, 0.6) is 0 Å². The number of hydrogen-bond donors (Lipinski definition) is 2. The first kappa shape index (κ1) is 45.8. The van der Waals surface area contributed by atoms with Crippen molar-refractivity contribution < 1.29 is 45.4 Å². The van der Waals surface area contributed by atoms with E-state index in [1.54, 1.807) is 21.1 Å². The fourth-order valence-electron chi connectivity index (χ4n) is 8.89. The van der Waals surface area contributed by atoms with Crippen molar-refractivity contribution in [2.24, 2.45) is 0 Å². The van der Waals surface area contributed by atoms with E-state index >= 15 is 0 Å². The van der Waals surface area contributed by atoms with E-state index in [0.29, 0.717) is 49.0 Å². The molecule has 4 unspecified atom stereocenters. The number of nitrogens with zero attached hydrogens (tertiary/aromatic N) is 2. The van der Waals surface area contributed by atoms with Crippen molar-refractivity contribution in [2.45, 2.75) is 80.6 Å². The molecular formula is C47H54F6N4O4. The van der Waals surface area contributed by atoms with Gasteiger partial charge in [0.15, 0.2) is 0 Å². The lowest BCUT2D eigenvalue weighted by molar-refractivity contribution is -0.138. The maximum Gasteiger partial charge on any atom is 0.416 e. The van der Waals surface area contributed by atoms with Gasteiger partial charge in [-0.15, -0.1) is 0 Å². The SMILES string of the molecule is CCc1cc(C(F)(F)F)ccc1C(=O)NC1(c2ccccc2)CC(OC)CN(C)C1.COC1CN(C)CC(NC(=O)c2ccc(C(F)(F)F)cc2C2CC2)(c2ccccc2)C1. The van der Waals surface area contributed by atoms with Crippen LogP contribution in [0.15, 0.2) is 97.1 Å². The molecule has 4 aromatic rings. The van der Waals surface area contributed by atoms with Crippen LogP contribution in [0.2, 0.25) is 0 Å². The Morgan fingerprint density at radius 2 is 1.08 bits per heavy atom. The molecule has 8 nitrogen and oxygen atoms in total. The number of aryl methyl sites for hydroxylation is 1. The van der Waals surface area contributed by atoms with Crippen LogP contribution in [0, 0.1) is 0 Å². The third kappa shape index (κ3) is 10.8. The van der Waals surface area contributed by atoms with Gasteiger partial charge >= 0.3 is 12.4 Å². The van der Waals surface area contributed by atoms with E-state index in [0.717, 1.165) is 61.3 Å². The molecule has 3 aliphatic rings. The van der Waals surface area contributed by atoms with Crippen LogP contribution in [0.1, 0.15) is 92.6 Å². The Hall–Kier alpha value is -4.76. The maximum absolute atomic E-state index is 13.5. The van der Waals surface area contributed by atoms with Gasteiger partial charge in [-0.25, -0.2) is 0 Å². The molecule has 0 radical (unpaired) electrons. The Balaban J connectivity index is 0.000000204. The predicted octanol–water partition coefficient (Wildman–Crippen LogP) is 8.80. The molecule has 1 aliphatic carbocycles. The van der Waals surface area contributed by atoms with Crippen LogP contribution < -0.4 is 10.6 Å². The molecule has 2 N–H and O–H groups in total. The number of nitrogens with one attached hydrogen (secondary N) is 2. The Morgan fingerprint density at radius 1 is 0.656 bits per heavy atom. The second kappa shape index (κ2) is 18.7. The lowest BCUT2D eigenvalue weighted by Crippen LogP contribution is -2.59. The number of alkyl halides is 6. The third-order valence-corrected chi connectivity index (χ3v) is 12.0. The molecule has 2 saturated heterocycles. The van der Waals surface area contributed by atoms with Crippen LogP contribution in [0.25, 0.3) is 0 Å². The summed E-state index contributed by atoms with van der Waals surface area (Å²) in [6.07, 6.45) is -5.93. The molecule has 4 aromatic carbocycles. The number of likely N-dealkylation sites (N-methyl/N-ethyl adjacent to an activating group) is 2. The van der Waals surface area contributed by atoms with Crippen LogP contribution in [0.4, 0.5) is 26.3 Å². The molecule has 2 aliphatic heterocycles. The number of methoxy groups -OCH3 is 2. The van der Waals surface area contributed by atoms with Crippen molar-refractivity contribution in [2.75, 3.05) is 54.5 Å². The Kier molecular flexibility index (Phi) is 14.0. The molecule has 328 valence electrons. The van der Waals surface area contributed by atoms with E-state index in [9.17, 15) is 35.9 Å². The van der Waals surface area contributed by atoms with Gasteiger partial charge in [-0.3, -0.25) is 9.59 Å². The highest BCUT2D eigenvalue weighted by molar-refractivity contribution is 5.97. The van der Waals surface area contributed by atoms with Crippen molar-refractivity contribution in [1.29, 1.82) is 0 Å². The highest BCUT2D eigenvalue weighted by atomic mass is 19.4. The molecule has 4 atom stereocenters. The van der Waals surface area contributed by atoms with E-state index < -0.39 is 34.6 Å². The van der Waals surface area contributed by atoms with Gasteiger partial charge in [-0.2, -0.15) is 26.3 Å². The smallest absolute Gasteiger partial charge is 0.380 e. The van der Waals surface area contributed by atoms with Crippen LogP contribution in [-0.2, 0) is 39.3 Å². The summed E-state index contributed by atoms with van der Waals surface area (Å²) >= 11 is 0. The number of likely N-dealkylation sites (tertiary alicyclic amines) is 2. The van der Waals surface area contributed by atoms with E-state index in [4.69, 9.17) is 9.47 Å². The average molecular weight is 853 g/mol. The zero-order chi connectivity index (χ0) is 44.2. The summed E-state index contributed by atoms with van der Waals surface area (Å²) in [6.45, 7) is 4.39. The van der Waals surface area contributed by atoms with E-state index in [1.165, 1.54) is 12.1 Å². The minimum Gasteiger partial charge on any atom is -0.380 e. The van der Waals surface area contributed by atoms with Crippen LogP contribution in [0.3, 0.4) is 0 Å². The number of hydrogen-bond acceptors (Lipinski definition) is 6. The highest BCUT2D eigenvalue weighted by Crippen LogP contribution is 2.44. The molecule has 3 fully saturated rings. The first-order valence-electron chi connectivity index (χ1n) is 20.5. The van der Waals surface area contributed by atoms with Crippen molar-refractivity contribution in [3.8, 4) is 0 Å². The molecule has 0 bridgehead atoms. The number of halogens is 6. The van der Waals surface area contributed by atoms with Gasteiger partial charge in [-0.05, 0) is 97.9 Å². The van der Waals surface area contributed by atoms with Crippen molar-refractivity contribution in [1.82, 2.24) is 20.4 Å². The molecule has 0 spiro atoms. The minimum absolute atomic E-state index is 0.0106. The van der Waals surface area contributed by atoms with Gasteiger partial charge in [0.1, 0.15) is 0 Å². The summed E-state index contributed by atoms with van der Waals surface area (Å²) in [5.41, 5.74) is 0.492. The summed E-state index contributed by atoms with van der Waals surface area (Å²) in [4.78, 5) is 30.9. The summed E-state index contributed by atoms with van der Waals surface area (Å²) in [5, 5.41) is 6.35. The minimum atomic E-state index is -4.44. The Morgan fingerprint density at radius 3 is 1.49 bits per heavy atom. The number of rotatable bonds is 10. The average Bonchev–Trinajstić information content (AvgIpc) is 4.09. The number of benzene rings is 4. The van der Waals surface area contributed by atoms with E-state index in [2.05, 4.69) is 20.4 Å². The fraction of sp³-hybridized carbons (Fsp3) is 0.447. The van der Waals surface area contributed by atoms with Gasteiger partial charge in [0.2, 0.25) is 0 Å². The van der Waals surface area contributed by atoms with Gasteiger partial charge in [0, 0.05) is 64.4 Å². The lowest BCUT2D eigenvalue weighted by atomic mass is 9.80. The van der Waals surface area contributed by atoms with E-state index in [-0.39, 0.29) is 35.5 Å². The standard InChI is InChI=1S/C24H27F3N2O2.C23H27F3N2O2/c1-29-14-19(31-2)13-23(15-29,17-6-4-3-5-7-17)28-22(30)20-11-10-18(24(25,26)27)12-21(20)16-8-9-16;1-4-16-12-18(23(24,25)26)10-11-20(16)21(29)27-22(17-8-6-5-7-9-17)13-19(30-3)14-28(2)15-22/h3-7,10-12,16,19H,8-9,13-15H2,1-2H3,(H,28,30);5-12,19H,4,13-15H2,1-3H3,(H,27,29). The van der Waals surface area contributed by atoms with Gasteiger partial charge in [-0.1, -0.05) is 67.6 Å². The number of piperidine rings is 2. The first-order chi connectivity index (χ1) is 28.9. The molecule has 2 heterocycles. The van der Waals surface area contributed by atoms with Crippen molar-refractivity contribution in [3.05, 3.63) is 142 Å². The first-order valence-corrected chi connectivity index (χ1v) is 20.5. The molecule has 0 aromatic heterocycles. The second-order valence-corrected chi connectivity index (χ2v) is 16.6. The predicted molar refractivity (Wildman–Crippen MR) is 221 cm³/mol. The summed E-state index contributed by atoms with van der Waals surface area (Å²) < 4.78 is 90.3. The Bertz CT molecular complexity index is 2130. The second-order valence-electron chi connectivity index (χ2n) is 16.6. The largest absolute Gasteiger partial charge is 0.416 e. The fourth-order valence-corrected chi connectivity index (χ4v) is 8.89. The van der Waals surface area contributed by atoms with Crippen LogP contribution >= 0.6 is 0 Å². The third-order valence-electron chi connectivity index (χ3n) is 12.0. The summed E-state index contributed by atoms with van der Waals surface area (Å²) in [6, 6.07) is 26.1. The van der Waals surface area contributed by atoms with Crippen molar-refractivity contribution in [3.63, 3.8) is 0 Å². The summed E-state index contributed by atoms with van der Waals surface area (Å²) in [5.74, 6) is -0.712. The van der Waals surface area contributed by atoms with Gasteiger partial charge in [0.05, 0.1) is 34.4 Å². The number of ether oxygens (including phenoxy) is 2.